The summed E-state index contributed by atoms with van der Waals surface area (Å²) >= 11 is 0. The normalized spacial score (nSPS) is 17.1. The number of piperidine rings is 1. The Morgan fingerprint density at radius 3 is 2.78 bits per heavy atom. The van der Waals surface area contributed by atoms with Crippen molar-refractivity contribution in [3.63, 3.8) is 0 Å². The number of rotatable bonds is 6. The average molecular weight is 318 g/mol. The predicted molar refractivity (Wildman–Crippen MR) is 77.0 cm³/mol. The van der Waals surface area contributed by atoms with E-state index in [0.29, 0.717) is 12.6 Å². The van der Waals surface area contributed by atoms with Crippen molar-refractivity contribution in [2.75, 3.05) is 6.61 Å². The SMILES string of the molecule is O=CCOc1cccc(C(=O)NC2CCC(=O)NC2=O)c1C=O. The van der Waals surface area contributed by atoms with Crippen molar-refractivity contribution in [3.05, 3.63) is 29.3 Å². The third-order valence-corrected chi connectivity index (χ3v) is 3.28. The average Bonchev–Trinajstić information content (AvgIpc) is 2.54. The Morgan fingerprint density at radius 2 is 2.13 bits per heavy atom. The summed E-state index contributed by atoms with van der Waals surface area (Å²) in [5, 5.41) is 4.60. The molecule has 1 atom stereocenters. The Labute approximate surface area is 131 Å². The second-order valence-electron chi connectivity index (χ2n) is 4.79. The van der Waals surface area contributed by atoms with Crippen LogP contribution in [-0.2, 0) is 14.4 Å². The fraction of sp³-hybridized carbons (Fsp3) is 0.267. The van der Waals surface area contributed by atoms with Crippen LogP contribution in [0.15, 0.2) is 18.2 Å². The minimum Gasteiger partial charge on any atom is -0.485 e. The standard InChI is InChI=1S/C15H14N2O6/c18-6-7-23-12-3-1-2-9(10(12)8-19)14(21)16-11-4-5-13(20)17-15(11)22/h1-3,6,8,11H,4-5,7H2,(H,16,21)(H,17,20,22). The van der Waals surface area contributed by atoms with Crippen molar-refractivity contribution in [2.24, 2.45) is 0 Å². The van der Waals surface area contributed by atoms with E-state index in [-0.39, 0.29) is 36.3 Å². The first-order chi connectivity index (χ1) is 11.1. The Hall–Kier alpha value is -3.03. The lowest BCUT2D eigenvalue weighted by Gasteiger charge is -2.22. The number of amides is 3. The van der Waals surface area contributed by atoms with Gasteiger partial charge in [0.25, 0.3) is 5.91 Å². The van der Waals surface area contributed by atoms with Gasteiger partial charge in [-0.05, 0) is 18.6 Å². The Bertz CT molecular complexity index is 670. The Morgan fingerprint density at radius 1 is 1.35 bits per heavy atom. The quantitative estimate of drug-likeness (QED) is 0.545. The molecule has 0 bridgehead atoms. The molecular weight excluding hydrogens is 304 g/mol. The van der Waals surface area contributed by atoms with Crippen LogP contribution in [0.25, 0.3) is 0 Å². The summed E-state index contributed by atoms with van der Waals surface area (Å²) in [5.41, 5.74) is 0.00671. The summed E-state index contributed by atoms with van der Waals surface area (Å²) in [7, 11) is 0. The van der Waals surface area contributed by atoms with Crippen molar-refractivity contribution >= 4 is 30.3 Å². The molecule has 0 spiro atoms. The minimum atomic E-state index is -0.848. The second kappa shape index (κ2) is 7.30. The van der Waals surface area contributed by atoms with E-state index in [9.17, 15) is 24.0 Å². The first-order valence-corrected chi connectivity index (χ1v) is 6.86. The first kappa shape index (κ1) is 16.3. The monoisotopic (exact) mass is 318 g/mol. The molecule has 0 aliphatic carbocycles. The van der Waals surface area contributed by atoms with Crippen molar-refractivity contribution < 1.29 is 28.7 Å². The highest BCUT2D eigenvalue weighted by Crippen LogP contribution is 2.21. The van der Waals surface area contributed by atoms with Crippen LogP contribution in [0.2, 0.25) is 0 Å². The number of benzene rings is 1. The molecule has 2 rings (SSSR count). The summed E-state index contributed by atoms with van der Waals surface area (Å²) in [6.07, 6.45) is 1.28. The maximum Gasteiger partial charge on any atom is 0.252 e. The molecule has 1 unspecified atom stereocenters. The molecule has 0 saturated carbocycles. The lowest BCUT2D eigenvalue weighted by atomic mass is 10.0. The molecule has 1 aliphatic heterocycles. The molecule has 0 aromatic heterocycles. The number of carbonyl (C=O) groups is 5. The molecule has 0 radical (unpaired) electrons. The van der Waals surface area contributed by atoms with Gasteiger partial charge in [0.05, 0.1) is 11.1 Å². The molecule has 23 heavy (non-hydrogen) atoms. The molecule has 1 aromatic carbocycles. The van der Waals surface area contributed by atoms with Crippen LogP contribution < -0.4 is 15.4 Å². The van der Waals surface area contributed by atoms with E-state index in [1.54, 1.807) is 0 Å². The van der Waals surface area contributed by atoms with Gasteiger partial charge in [0.15, 0.2) is 12.6 Å². The molecule has 120 valence electrons. The van der Waals surface area contributed by atoms with Gasteiger partial charge in [0, 0.05) is 6.42 Å². The minimum absolute atomic E-state index is 0.0147. The van der Waals surface area contributed by atoms with Gasteiger partial charge in [-0.25, -0.2) is 0 Å². The molecule has 1 aromatic rings. The fourth-order valence-corrected chi connectivity index (χ4v) is 2.18. The number of hydrogen-bond acceptors (Lipinski definition) is 6. The lowest BCUT2D eigenvalue weighted by Crippen LogP contribution is -2.52. The van der Waals surface area contributed by atoms with E-state index < -0.39 is 23.8 Å². The van der Waals surface area contributed by atoms with Gasteiger partial charge >= 0.3 is 0 Å². The molecule has 1 heterocycles. The fourth-order valence-electron chi connectivity index (χ4n) is 2.18. The predicted octanol–water partition coefficient (Wildman–Crippen LogP) is -0.388. The zero-order valence-electron chi connectivity index (χ0n) is 12.0. The van der Waals surface area contributed by atoms with Crippen LogP contribution in [0.4, 0.5) is 0 Å². The van der Waals surface area contributed by atoms with Gasteiger partial charge in [-0.3, -0.25) is 29.3 Å². The third-order valence-electron chi connectivity index (χ3n) is 3.28. The van der Waals surface area contributed by atoms with E-state index in [0.717, 1.165) is 0 Å². The highest BCUT2D eigenvalue weighted by atomic mass is 16.5. The largest absolute Gasteiger partial charge is 0.485 e. The van der Waals surface area contributed by atoms with Crippen LogP contribution in [0.1, 0.15) is 33.6 Å². The molecule has 1 aliphatic rings. The van der Waals surface area contributed by atoms with Crippen molar-refractivity contribution in [1.82, 2.24) is 10.6 Å². The molecule has 3 amide bonds. The van der Waals surface area contributed by atoms with Crippen molar-refractivity contribution in [1.29, 1.82) is 0 Å². The zero-order chi connectivity index (χ0) is 16.8. The van der Waals surface area contributed by atoms with E-state index in [1.165, 1.54) is 18.2 Å². The number of carbonyl (C=O) groups excluding carboxylic acids is 5. The van der Waals surface area contributed by atoms with E-state index in [2.05, 4.69) is 10.6 Å². The maximum absolute atomic E-state index is 12.3. The highest BCUT2D eigenvalue weighted by molar-refractivity contribution is 6.06. The molecule has 8 heteroatoms. The van der Waals surface area contributed by atoms with Gasteiger partial charge in [-0.1, -0.05) is 6.07 Å². The smallest absolute Gasteiger partial charge is 0.252 e. The van der Waals surface area contributed by atoms with E-state index in [4.69, 9.17) is 4.74 Å². The topological polar surface area (TPSA) is 119 Å². The second-order valence-corrected chi connectivity index (χ2v) is 4.79. The van der Waals surface area contributed by atoms with Gasteiger partial charge in [0.2, 0.25) is 11.8 Å². The number of hydrogen-bond donors (Lipinski definition) is 2. The summed E-state index contributed by atoms with van der Waals surface area (Å²) < 4.78 is 5.09. The van der Waals surface area contributed by atoms with Crippen LogP contribution in [0, 0.1) is 0 Å². The number of nitrogens with one attached hydrogen (secondary N) is 2. The number of imide groups is 1. The van der Waals surface area contributed by atoms with Crippen LogP contribution in [0.3, 0.4) is 0 Å². The van der Waals surface area contributed by atoms with Gasteiger partial charge in [-0.2, -0.15) is 0 Å². The van der Waals surface area contributed by atoms with Crippen LogP contribution in [0.5, 0.6) is 5.75 Å². The van der Waals surface area contributed by atoms with Gasteiger partial charge in [0.1, 0.15) is 18.4 Å². The molecule has 2 N–H and O–H groups in total. The van der Waals surface area contributed by atoms with Crippen molar-refractivity contribution in [3.8, 4) is 5.75 Å². The Kier molecular flexibility index (Phi) is 5.19. The molecule has 1 fully saturated rings. The Balaban J connectivity index is 2.18. The first-order valence-electron chi connectivity index (χ1n) is 6.86. The highest BCUT2D eigenvalue weighted by Gasteiger charge is 2.29. The molecule has 8 nitrogen and oxygen atoms in total. The lowest BCUT2D eigenvalue weighted by molar-refractivity contribution is -0.134. The summed E-state index contributed by atoms with van der Waals surface area (Å²) in [6, 6.07) is 3.50. The van der Waals surface area contributed by atoms with Gasteiger partial charge < -0.3 is 10.1 Å². The summed E-state index contributed by atoms with van der Waals surface area (Å²) in [6.45, 7) is -0.251. The number of aldehydes is 2. The molecule has 1 saturated heterocycles. The maximum atomic E-state index is 12.3. The van der Waals surface area contributed by atoms with Crippen LogP contribution in [-0.4, -0.2) is 42.9 Å². The van der Waals surface area contributed by atoms with Gasteiger partial charge in [-0.15, -0.1) is 0 Å². The van der Waals surface area contributed by atoms with E-state index >= 15 is 0 Å². The summed E-state index contributed by atoms with van der Waals surface area (Å²) in [4.78, 5) is 56.6. The third kappa shape index (κ3) is 3.79. The van der Waals surface area contributed by atoms with E-state index in [1.807, 2.05) is 0 Å². The number of ether oxygens (including phenoxy) is 1. The molecular formula is C15H14N2O6. The summed E-state index contributed by atoms with van der Waals surface area (Å²) in [5.74, 6) is -1.52. The van der Waals surface area contributed by atoms with Crippen LogP contribution >= 0.6 is 0 Å². The van der Waals surface area contributed by atoms with Crippen molar-refractivity contribution in [2.45, 2.75) is 18.9 Å². The zero-order valence-corrected chi connectivity index (χ0v) is 12.0.